The number of para-hydroxylation sites is 4. The van der Waals surface area contributed by atoms with Crippen LogP contribution in [0.15, 0.2) is 355 Å². The van der Waals surface area contributed by atoms with Crippen molar-refractivity contribution < 1.29 is 8.83 Å². The van der Waals surface area contributed by atoms with Gasteiger partial charge < -0.3 is 8.83 Å². The predicted molar refractivity (Wildman–Crippen MR) is 440 cm³/mol. The van der Waals surface area contributed by atoms with Crippen molar-refractivity contribution in [1.82, 2.24) is 43.7 Å². The lowest BCUT2D eigenvalue weighted by Gasteiger charge is -2.13. The molecule has 502 valence electrons. The van der Waals surface area contributed by atoms with Crippen LogP contribution in [-0.2, 0) is 0 Å². The largest absolute Gasteiger partial charge is 0.455 e. The number of furan rings is 2. The van der Waals surface area contributed by atoms with E-state index in [1.807, 2.05) is 84.9 Å². The molecule has 0 aliphatic heterocycles. The lowest BCUT2D eigenvalue weighted by Crippen LogP contribution is -2.00. The minimum Gasteiger partial charge on any atom is -0.455 e. The minimum atomic E-state index is 0.611. The van der Waals surface area contributed by atoms with Crippen molar-refractivity contribution in [3.63, 3.8) is 0 Å². The third kappa shape index (κ3) is 10.0. The summed E-state index contributed by atoms with van der Waals surface area (Å²) >= 11 is 0. The fraction of sp³-hybridized carbons (Fsp3) is 0. The third-order valence-electron chi connectivity index (χ3n) is 21.2. The second-order valence-electron chi connectivity index (χ2n) is 27.5. The lowest BCUT2D eigenvalue weighted by molar-refractivity contribution is 0.666. The Bertz CT molecular complexity index is 7510. The molecular weight excluding hydrogens is 1320 g/mol. The summed E-state index contributed by atoms with van der Waals surface area (Å²) in [5.74, 6) is 1.85. The molecule has 0 aliphatic rings. The van der Waals surface area contributed by atoms with E-state index >= 15 is 0 Å². The van der Waals surface area contributed by atoms with Gasteiger partial charge in [0.25, 0.3) is 0 Å². The summed E-state index contributed by atoms with van der Waals surface area (Å²) in [7, 11) is 0. The zero-order chi connectivity index (χ0) is 70.9. The topological polar surface area (TPSA) is 125 Å². The smallest absolute Gasteiger partial charge is 0.164 e. The Kier molecular flexibility index (Phi) is 13.7. The molecule has 0 radical (unpaired) electrons. The van der Waals surface area contributed by atoms with Crippen molar-refractivity contribution in [2.75, 3.05) is 0 Å². The third-order valence-corrected chi connectivity index (χ3v) is 21.2. The van der Waals surface area contributed by atoms with Gasteiger partial charge in [0.05, 0.1) is 56.9 Å². The molecule has 0 fully saturated rings. The molecule has 11 heteroatoms. The second-order valence-corrected chi connectivity index (χ2v) is 27.5. The van der Waals surface area contributed by atoms with Gasteiger partial charge >= 0.3 is 0 Å². The molecule has 0 amide bonds. The highest BCUT2D eigenvalue weighted by Crippen LogP contribution is 2.44. The van der Waals surface area contributed by atoms with Gasteiger partial charge in [-0.05, 0) is 116 Å². The summed E-state index contributed by atoms with van der Waals surface area (Å²) in [4.78, 5) is 36.1. The standard InChI is InChI=1S/C58H35N5O.C39H22N4O/c1-3-13-36(14-4-1)40-17-11-19-43(31-40)57-60-56(61-58(62-57)44-20-12-18-41(32-44)37-15-5-2-6-16-37)39-27-25-38(26-28-39)42-29-30-48-49(33-42)45-21-7-8-23-47(45)54-55(48)63-35-52-50(34-53(63)59-54)46-22-9-10-24-51(46)64-52;1-2-10-23(11-3-1)36-37(41-32-16-8-7-15-31(32)40-36)24-18-19-28-29(20-24)25-12-4-5-14-27(25)38-39(28)43-22-34-30(21-35(43)42-38)26-13-6-9-17-33(26)44-34/h1-35H;1-22H. The number of aromatic nitrogens is 9. The van der Waals surface area contributed by atoms with E-state index in [1.165, 1.54) is 10.8 Å². The van der Waals surface area contributed by atoms with E-state index in [-0.39, 0.29) is 0 Å². The van der Waals surface area contributed by atoms with E-state index in [0.717, 1.165) is 193 Å². The Balaban J connectivity index is 0.000000143. The average molecular weight is 1380 g/mol. The highest BCUT2D eigenvalue weighted by Gasteiger charge is 2.23. The van der Waals surface area contributed by atoms with Gasteiger partial charge in [0.1, 0.15) is 22.5 Å². The van der Waals surface area contributed by atoms with Crippen LogP contribution in [0.3, 0.4) is 0 Å². The maximum Gasteiger partial charge on any atom is 0.164 e. The van der Waals surface area contributed by atoms with Crippen molar-refractivity contribution in [2.45, 2.75) is 0 Å². The number of hydrogen-bond donors (Lipinski definition) is 0. The van der Waals surface area contributed by atoms with E-state index in [4.69, 9.17) is 43.7 Å². The first kappa shape index (κ1) is 60.7. The van der Waals surface area contributed by atoms with Crippen molar-refractivity contribution in [2.24, 2.45) is 0 Å². The average Bonchev–Trinajstić information content (AvgIpc) is 1.52. The quantitative estimate of drug-likeness (QED) is 0.137. The highest BCUT2D eigenvalue weighted by molar-refractivity contribution is 6.26. The van der Waals surface area contributed by atoms with Gasteiger partial charge in [0.15, 0.2) is 28.6 Å². The zero-order valence-electron chi connectivity index (χ0n) is 57.8. The summed E-state index contributed by atoms with van der Waals surface area (Å²) in [5, 5.41) is 13.5. The SMILES string of the molecule is c1ccc(-c2cccc(-c3nc(-c4ccc(-c5ccc6c(c5)c5ccccc5c5nc7cc8c(cn7c65)oc5ccccc58)cc4)nc(-c4cccc(-c5ccccc5)c4)n3)c2)cc1.c1ccc(-c2nc3ccccc3nc2-c2ccc3c(c2)c2ccccc2c2nc4cc5c(cn4c32)oc2ccccc25)cc1. The van der Waals surface area contributed by atoms with Crippen LogP contribution in [0, 0.1) is 0 Å². The Hall–Kier alpha value is -14.8. The van der Waals surface area contributed by atoms with Crippen molar-refractivity contribution in [3.8, 4) is 90.1 Å². The number of rotatable bonds is 8. The molecule has 8 aromatic heterocycles. The number of fused-ring (bicyclic) bond motifs is 23. The number of benzene rings is 15. The first-order valence-electron chi connectivity index (χ1n) is 36.1. The fourth-order valence-corrected chi connectivity index (χ4v) is 16.0. The van der Waals surface area contributed by atoms with E-state index in [1.54, 1.807) is 0 Å². The molecule has 0 spiro atoms. The Morgan fingerprint density at radius 1 is 0.194 bits per heavy atom. The van der Waals surface area contributed by atoms with Crippen LogP contribution in [0.2, 0.25) is 0 Å². The van der Waals surface area contributed by atoms with Crippen LogP contribution in [0.25, 0.3) is 221 Å². The summed E-state index contributed by atoms with van der Waals surface area (Å²) in [6.45, 7) is 0. The van der Waals surface area contributed by atoms with Crippen molar-refractivity contribution >= 4 is 131 Å². The molecule has 108 heavy (non-hydrogen) atoms. The van der Waals surface area contributed by atoms with E-state index in [0.29, 0.717) is 17.5 Å². The van der Waals surface area contributed by atoms with Gasteiger partial charge in [-0.3, -0.25) is 8.80 Å². The number of imidazole rings is 2. The fourth-order valence-electron chi connectivity index (χ4n) is 16.0. The van der Waals surface area contributed by atoms with Crippen LogP contribution < -0.4 is 0 Å². The zero-order valence-corrected chi connectivity index (χ0v) is 57.8. The molecule has 23 rings (SSSR count). The molecule has 0 aliphatic carbocycles. The Labute approximate surface area is 616 Å². The molecule has 0 N–H and O–H groups in total. The first-order chi connectivity index (χ1) is 53.5. The second kappa shape index (κ2) is 24.4. The van der Waals surface area contributed by atoms with E-state index < -0.39 is 0 Å². The van der Waals surface area contributed by atoms with Crippen molar-refractivity contribution in [3.05, 3.63) is 346 Å². The number of hydrogen-bond acceptors (Lipinski definition) is 9. The van der Waals surface area contributed by atoms with Crippen LogP contribution in [0.4, 0.5) is 0 Å². The van der Waals surface area contributed by atoms with E-state index in [2.05, 4.69) is 270 Å². The van der Waals surface area contributed by atoms with Crippen molar-refractivity contribution in [1.29, 1.82) is 0 Å². The van der Waals surface area contributed by atoms with E-state index in [9.17, 15) is 0 Å². The van der Waals surface area contributed by atoms with Crippen LogP contribution in [0.5, 0.6) is 0 Å². The summed E-state index contributed by atoms with van der Waals surface area (Å²) in [6.07, 6.45) is 4.18. The molecule has 0 unspecified atom stereocenters. The molecule has 0 saturated carbocycles. The summed E-state index contributed by atoms with van der Waals surface area (Å²) in [5.41, 5.74) is 24.3. The maximum atomic E-state index is 6.34. The Morgan fingerprint density at radius 3 is 1.05 bits per heavy atom. The first-order valence-corrected chi connectivity index (χ1v) is 36.1. The molecule has 15 aromatic carbocycles. The molecule has 0 bridgehead atoms. The van der Waals surface area contributed by atoms with Crippen LogP contribution in [-0.4, -0.2) is 43.7 Å². The molecule has 0 atom stereocenters. The van der Waals surface area contributed by atoms with Gasteiger partial charge in [-0.1, -0.05) is 273 Å². The van der Waals surface area contributed by atoms with Gasteiger partial charge in [0, 0.05) is 70.9 Å². The monoisotopic (exact) mass is 1380 g/mol. The van der Waals surface area contributed by atoms with Gasteiger partial charge in [-0.15, -0.1) is 0 Å². The molecular formula is C97H57N9O2. The molecule has 11 nitrogen and oxygen atoms in total. The molecule has 23 aromatic rings. The summed E-state index contributed by atoms with van der Waals surface area (Å²) < 4.78 is 17.0. The number of nitrogens with zero attached hydrogens (tertiary/aromatic N) is 9. The van der Waals surface area contributed by atoms with Gasteiger partial charge in [-0.25, -0.2) is 34.9 Å². The van der Waals surface area contributed by atoms with Crippen LogP contribution in [0.1, 0.15) is 0 Å². The molecule has 8 heterocycles. The normalized spacial score (nSPS) is 11.9. The lowest BCUT2D eigenvalue weighted by atomic mass is 9.95. The van der Waals surface area contributed by atoms with Crippen LogP contribution >= 0.6 is 0 Å². The Morgan fingerprint density at radius 2 is 0.546 bits per heavy atom. The highest BCUT2D eigenvalue weighted by atomic mass is 16.3. The summed E-state index contributed by atoms with van der Waals surface area (Å²) in [6, 6.07) is 116. The molecule has 0 saturated heterocycles. The number of pyridine rings is 2. The predicted octanol–water partition coefficient (Wildman–Crippen LogP) is 24.9. The van der Waals surface area contributed by atoms with Gasteiger partial charge in [-0.2, -0.15) is 0 Å². The minimum absolute atomic E-state index is 0.611. The van der Waals surface area contributed by atoms with Gasteiger partial charge in [0.2, 0.25) is 0 Å². The maximum absolute atomic E-state index is 6.34.